The van der Waals surface area contributed by atoms with Crippen LogP contribution in [0.15, 0.2) is 12.4 Å². The third-order valence-corrected chi connectivity index (χ3v) is 5.42. The number of nitriles is 1. The second-order valence-electron chi connectivity index (χ2n) is 8.85. The minimum Gasteiger partial charge on any atom is -0.475 e. The molecule has 2 heterocycles. The summed E-state index contributed by atoms with van der Waals surface area (Å²) < 4.78 is 27.4. The highest BCUT2D eigenvalue weighted by atomic mass is 19.1. The van der Waals surface area contributed by atoms with Crippen LogP contribution >= 0.6 is 0 Å². The maximum Gasteiger partial charge on any atom is 0.255 e. The number of ether oxygens (including phenoxy) is 2. The van der Waals surface area contributed by atoms with Crippen molar-refractivity contribution in [2.24, 2.45) is 5.92 Å². The third-order valence-electron chi connectivity index (χ3n) is 5.42. The van der Waals surface area contributed by atoms with E-state index in [0.29, 0.717) is 30.0 Å². The molecule has 9 heteroatoms. The van der Waals surface area contributed by atoms with Crippen LogP contribution in [0.1, 0.15) is 59.1 Å². The van der Waals surface area contributed by atoms with Crippen LogP contribution in [0.4, 0.5) is 16.0 Å². The van der Waals surface area contributed by atoms with E-state index in [1.54, 1.807) is 24.7 Å². The predicted molar refractivity (Wildman–Crippen MR) is 115 cm³/mol. The first kappa shape index (κ1) is 22.9. The summed E-state index contributed by atoms with van der Waals surface area (Å²) in [5.74, 6) is -0.102. The molecule has 168 valence electrons. The Balaban J connectivity index is 1.61. The van der Waals surface area contributed by atoms with E-state index in [2.05, 4.69) is 40.3 Å². The largest absolute Gasteiger partial charge is 0.475 e. The first-order valence-electron chi connectivity index (χ1n) is 10.7. The van der Waals surface area contributed by atoms with Gasteiger partial charge in [0.25, 0.3) is 5.88 Å². The molecule has 0 atom stereocenters. The lowest BCUT2D eigenvalue weighted by Crippen LogP contribution is -2.27. The molecule has 0 saturated heterocycles. The first-order chi connectivity index (χ1) is 14.7. The van der Waals surface area contributed by atoms with Crippen molar-refractivity contribution in [1.29, 1.82) is 5.26 Å². The van der Waals surface area contributed by atoms with Gasteiger partial charge in [0.15, 0.2) is 0 Å². The number of halogens is 1. The van der Waals surface area contributed by atoms with Gasteiger partial charge in [-0.2, -0.15) is 19.7 Å². The number of aryl methyl sites for hydroxylation is 1. The van der Waals surface area contributed by atoms with Crippen LogP contribution in [0.2, 0.25) is 0 Å². The average molecular weight is 431 g/mol. The molecule has 1 aliphatic carbocycles. The fourth-order valence-electron chi connectivity index (χ4n) is 3.57. The zero-order valence-electron chi connectivity index (χ0n) is 18.9. The number of hydrogen-bond acceptors (Lipinski definition) is 7. The third kappa shape index (κ3) is 5.91. The molecule has 0 amide bonds. The van der Waals surface area contributed by atoms with Crippen LogP contribution in [-0.2, 0) is 10.3 Å². The summed E-state index contributed by atoms with van der Waals surface area (Å²) in [5, 5.41) is 16.7. The van der Waals surface area contributed by atoms with Crippen molar-refractivity contribution in [3.8, 4) is 11.9 Å². The Bertz CT molecular complexity index is 929. The van der Waals surface area contributed by atoms with E-state index in [0.717, 1.165) is 31.9 Å². The smallest absolute Gasteiger partial charge is 0.255 e. The van der Waals surface area contributed by atoms with Crippen LogP contribution in [0.25, 0.3) is 0 Å². The molecule has 0 bridgehead atoms. The van der Waals surface area contributed by atoms with Gasteiger partial charge in [-0.05, 0) is 66.2 Å². The van der Waals surface area contributed by atoms with E-state index in [-0.39, 0.29) is 17.9 Å². The molecule has 0 unspecified atom stereocenters. The molecular formula is C22H31FN6O2. The number of anilines is 2. The van der Waals surface area contributed by atoms with Gasteiger partial charge in [-0.3, -0.25) is 4.68 Å². The second kappa shape index (κ2) is 9.60. The van der Waals surface area contributed by atoms with Gasteiger partial charge in [0.1, 0.15) is 5.54 Å². The topological polar surface area (TPSA) is 97.9 Å². The molecule has 31 heavy (non-hydrogen) atoms. The van der Waals surface area contributed by atoms with E-state index >= 15 is 0 Å². The van der Waals surface area contributed by atoms with E-state index in [4.69, 9.17) is 9.47 Å². The van der Waals surface area contributed by atoms with E-state index in [9.17, 15) is 9.65 Å². The minimum absolute atomic E-state index is 0.0690. The highest BCUT2D eigenvalue weighted by Gasteiger charge is 2.24. The molecule has 0 spiro atoms. The van der Waals surface area contributed by atoms with Crippen LogP contribution in [0.5, 0.6) is 5.88 Å². The van der Waals surface area contributed by atoms with Crippen LogP contribution in [0.3, 0.4) is 0 Å². The van der Waals surface area contributed by atoms with Crippen molar-refractivity contribution in [3.05, 3.63) is 23.9 Å². The summed E-state index contributed by atoms with van der Waals surface area (Å²) in [5.41, 5.74) is 0.533. The monoisotopic (exact) mass is 430 g/mol. The average Bonchev–Trinajstić information content (AvgIpc) is 3.10. The highest BCUT2D eigenvalue weighted by molar-refractivity contribution is 5.55. The molecule has 1 aliphatic rings. The Kier molecular flexibility index (Phi) is 7.11. The molecule has 2 aromatic rings. The zero-order chi connectivity index (χ0) is 22.6. The number of nitrogens with one attached hydrogen (secondary N) is 1. The lowest BCUT2D eigenvalue weighted by Gasteiger charge is -2.29. The molecular weight excluding hydrogens is 399 g/mol. The van der Waals surface area contributed by atoms with E-state index < -0.39 is 11.4 Å². The fraction of sp³-hybridized carbons (Fsp3) is 0.636. The van der Waals surface area contributed by atoms with Crippen molar-refractivity contribution in [2.45, 2.75) is 78.0 Å². The summed E-state index contributed by atoms with van der Waals surface area (Å²) in [4.78, 5) is 8.20. The Morgan fingerprint density at radius 1 is 1.32 bits per heavy atom. The van der Waals surface area contributed by atoms with Gasteiger partial charge in [0, 0.05) is 0 Å². The quantitative estimate of drug-likeness (QED) is 0.659. The van der Waals surface area contributed by atoms with Crippen molar-refractivity contribution in [3.63, 3.8) is 0 Å². The molecule has 0 aromatic carbocycles. The number of rotatable bonds is 8. The van der Waals surface area contributed by atoms with Crippen molar-refractivity contribution >= 4 is 11.6 Å². The summed E-state index contributed by atoms with van der Waals surface area (Å²) in [6, 6.07) is 2.20. The van der Waals surface area contributed by atoms with Gasteiger partial charge >= 0.3 is 0 Å². The van der Waals surface area contributed by atoms with Gasteiger partial charge < -0.3 is 14.8 Å². The van der Waals surface area contributed by atoms with Gasteiger partial charge in [-0.25, -0.2) is 4.98 Å². The number of aromatic nitrogens is 4. The SMILES string of the molecule is Cc1nn(C(C)(C)C#N)cc1Nc1ncc(F)c(OCC2CCC(OC(C)C)CC2)n1. The standard InChI is InChI=1S/C22H31FN6O2/c1-14(2)31-17-8-6-16(7-9-17)12-30-20-18(23)10-25-21(27-20)26-19-11-29(28-15(19)3)22(4,5)13-24/h10-11,14,16-17H,6-9,12H2,1-5H3,(H,25,26,27). The van der Waals surface area contributed by atoms with E-state index in [1.165, 1.54) is 0 Å². The maximum absolute atomic E-state index is 14.2. The fourth-order valence-corrected chi connectivity index (χ4v) is 3.57. The molecule has 1 fully saturated rings. The van der Waals surface area contributed by atoms with Gasteiger partial charge in [0.2, 0.25) is 11.8 Å². The van der Waals surface area contributed by atoms with Crippen LogP contribution < -0.4 is 10.1 Å². The number of nitrogens with zero attached hydrogens (tertiary/aromatic N) is 5. The van der Waals surface area contributed by atoms with Crippen molar-refractivity contribution in [2.75, 3.05) is 11.9 Å². The molecule has 0 aliphatic heterocycles. The van der Waals surface area contributed by atoms with Crippen LogP contribution in [0, 0.1) is 30.0 Å². The molecule has 3 rings (SSSR count). The highest BCUT2D eigenvalue weighted by Crippen LogP contribution is 2.28. The lowest BCUT2D eigenvalue weighted by molar-refractivity contribution is -0.0231. The molecule has 1 saturated carbocycles. The van der Waals surface area contributed by atoms with Gasteiger partial charge in [-0.1, -0.05) is 0 Å². The Hall–Kier alpha value is -2.73. The van der Waals surface area contributed by atoms with Crippen molar-refractivity contribution in [1.82, 2.24) is 19.7 Å². The van der Waals surface area contributed by atoms with Crippen molar-refractivity contribution < 1.29 is 13.9 Å². The molecule has 0 radical (unpaired) electrons. The lowest BCUT2D eigenvalue weighted by atomic mass is 9.88. The number of hydrogen-bond donors (Lipinski definition) is 1. The minimum atomic E-state index is -0.790. The Morgan fingerprint density at radius 2 is 2.03 bits per heavy atom. The molecule has 1 N–H and O–H groups in total. The maximum atomic E-state index is 14.2. The molecule has 8 nitrogen and oxygen atoms in total. The normalized spacial score (nSPS) is 19.3. The predicted octanol–water partition coefficient (Wildman–Crippen LogP) is 4.49. The van der Waals surface area contributed by atoms with E-state index in [1.807, 2.05) is 6.92 Å². The Morgan fingerprint density at radius 3 is 2.68 bits per heavy atom. The van der Waals surface area contributed by atoms with Crippen LogP contribution in [-0.4, -0.2) is 38.6 Å². The summed E-state index contributed by atoms with van der Waals surface area (Å²) in [6.45, 7) is 9.87. The first-order valence-corrected chi connectivity index (χ1v) is 10.7. The van der Waals surface area contributed by atoms with Gasteiger partial charge in [-0.15, -0.1) is 0 Å². The van der Waals surface area contributed by atoms with Gasteiger partial charge in [0.05, 0.1) is 48.7 Å². The summed E-state index contributed by atoms with van der Waals surface area (Å²) in [6.07, 6.45) is 7.31. The second-order valence-corrected chi connectivity index (χ2v) is 8.85. The summed E-state index contributed by atoms with van der Waals surface area (Å²) in [7, 11) is 0. The zero-order valence-corrected chi connectivity index (χ0v) is 18.9. The summed E-state index contributed by atoms with van der Waals surface area (Å²) >= 11 is 0. The molecule has 2 aromatic heterocycles. The Labute approximate surface area is 182 Å².